The van der Waals surface area contributed by atoms with E-state index in [0.717, 1.165) is 18.2 Å². The highest BCUT2D eigenvalue weighted by molar-refractivity contribution is 5.61. The number of rotatable bonds is 1. The fourth-order valence-electron chi connectivity index (χ4n) is 1.48. The first-order valence-corrected chi connectivity index (χ1v) is 4.96. The zero-order valence-electron chi connectivity index (χ0n) is 9.00. The zero-order valence-corrected chi connectivity index (χ0v) is 9.00. The van der Waals surface area contributed by atoms with Gasteiger partial charge in [0.25, 0.3) is 0 Å². The van der Waals surface area contributed by atoms with Crippen molar-refractivity contribution >= 4 is 5.69 Å². The lowest BCUT2D eigenvalue weighted by Crippen LogP contribution is -2.04. The lowest BCUT2D eigenvalue weighted by molar-refractivity contribution is -0.137. The molecule has 0 spiro atoms. The molecular weight excluding hydrogens is 248 g/mol. The molecular formula is C12H8F4N2. The fraction of sp³-hybridized carbons (Fsp3) is 0.0833. The van der Waals surface area contributed by atoms with Crippen LogP contribution >= 0.6 is 0 Å². The van der Waals surface area contributed by atoms with E-state index in [1.807, 2.05) is 0 Å². The van der Waals surface area contributed by atoms with E-state index in [4.69, 9.17) is 5.73 Å². The molecule has 1 heterocycles. The topological polar surface area (TPSA) is 38.9 Å². The van der Waals surface area contributed by atoms with Crippen LogP contribution in [-0.2, 0) is 6.18 Å². The van der Waals surface area contributed by atoms with Crippen LogP contribution in [0, 0.1) is 5.82 Å². The quantitative estimate of drug-likeness (QED) is 0.793. The third-order valence-corrected chi connectivity index (χ3v) is 2.35. The van der Waals surface area contributed by atoms with Gasteiger partial charge in [-0.3, -0.25) is 4.98 Å². The first kappa shape index (κ1) is 12.3. The standard InChI is InChI=1S/C12H8F4N2/c13-10-5-9(17)6-18-11(10)7-1-3-8(4-2-7)12(14,15)16/h1-6H,17H2. The summed E-state index contributed by atoms with van der Waals surface area (Å²) in [5.74, 6) is -0.672. The molecule has 0 atom stereocenters. The second kappa shape index (κ2) is 4.29. The van der Waals surface area contributed by atoms with Crippen molar-refractivity contribution in [3.63, 3.8) is 0 Å². The van der Waals surface area contributed by atoms with E-state index >= 15 is 0 Å². The molecule has 18 heavy (non-hydrogen) atoms. The van der Waals surface area contributed by atoms with Crippen LogP contribution in [0.15, 0.2) is 36.5 Å². The van der Waals surface area contributed by atoms with Gasteiger partial charge in [-0.05, 0) is 12.1 Å². The van der Waals surface area contributed by atoms with Crippen molar-refractivity contribution in [2.75, 3.05) is 5.73 Å². The molecule has 2 nitrogen and oxygen atoms in total. The average molecular weight is 256 g/mol. The summed E-state index contributed by atoms with van der Waals surface area (Å²) in [6.07, 6.45) is -3.16. The first-order chi connectivity index (χ1) is 8.38. The molecule has 0 bridgehead atoms. The van der Waals surface area contributed by atoms with E-state index in [1.54, 1.807) is 0 Å². The van der Waals surface area contributed by atoms with Gasteiger partial charge in [0.1, 0.15) is 5.69 Å². The molecule has 0 fully saturated rings. The highest BCUT2D eigenvalue weighted by Crippen LogP contribution is 2.31. The largest absolute Gasteiger partial charge is 0.416 e. The third kappa shape index (κ3) is 2.42. The van der Waals surface area contributed by atoms with Gasteiger partial charge in [0.05, 0.1) is 17.4 Å². The van der Waals surface area contributed by atoms with Gasteiger partial charge in [-0.2, -0.15) is 13.2 Å². The minimum absolute atomic E-state index is 0.0297. The lowest BCUT2D eigenvalue weighted by Gasteiger charge is -2.08. The minimum Gasteiger partial charge on any atom is -0.397 e. The van der Waals surface area contributed by atoms with Crippen LogP contribution in [0.25, 0.3) is 11.3 Å². The average Bonchev–Trinajstić information content (AvgIpc) is 2.28. The Labute approximate surface area is 100 Å². The van der Waals surface area contributed by atoms with Gasteiger partial charge >= 0.3 is 6.18 Å². The van der Waals surface area contributed by atoms with Gasteiger partial charge in [-0.15, -0.1) is 0 Å². The molecule has 0 saturated heterocycles. The smallest absolute Gasteiger partial charge is 0.397 e. The molecule has 0 amide bonds. The summed E-state index contributed by atoms with van der Waals surface area (Å²) in [5.41, 5.74) is 4.94. The number of aromatic nitrogens is 1. The van der Waals surface area contributed by atoms with Gasteiger partial charge < -0.3 is 5.73 Å². The monoisotopic (exact) mass is 256 g/mol. The van der Waals surface area contributed by atoms with Crippen molar-refractivity contribution in [3.05, 3.63) is 47.9 Å². The fourth-order valence-corrected chi connectivity index (χ4v) is 1.48. The van der Waals surface area contributed by atoms with E-state index in [0.29, 0.717) is 0 Å². The highest BCUT2D eigenvalue weighted by Gasteiger charge is 2.30. The minimum atomic E-state index is -4.41. The van der Waals surface area contributed by atoms with Crippen LogP contribution in [0.5, 0.6) is 0 Å². The van der Waals surface area contributed by atoms with Crippen LogP contribution in [0.1, 0.15) is 5.56 Å². The Hall–Kier alpha value is -2.11. The molecule has 0 aliphatic carbocycles. The summed E-state index contributed by atoms with van der Waals surface area (Å²) in [6, 6.07) is 5.18. The summed E-state index contributed by atoms with van der Waals surface area (Å²) < 4.78 is 50.5. The van der Waals surface area contributed by atoms with Crippen LogP contribution < -0.4 is 5.73 Å². The second-order valence-electron chi connectivity index (χ2n) is 3.67. The Balaban J connectivity index is 2.41. The molecule has 2 N–H and O–H groups in total. The Morgan fingerprint density at radius 3 is 2.17 bits per heavy atom. The number of anilines is 1. The predicted octanol–water partition coefficient (Wildman–Crippen LogP) is 3.49. The first-order valence-electron chi connectivity index (χ1n) is 4.96. The Kier molecular flexibility index (Phi) is 2.94. The summed E-state index contributed by atoms with van der Waals surface area (Å²) in [5, 5.41) is 0. The molecule has 1 aromatic heterocycles. The van der Waals surface area contributed by atoms with Gasteiger partial charge in [0, 0.05) is 11.6 Å². The van der Waals surface area contributed by atoms with E-state index in [-0.39, 0.29) is 16.9 Å². The normalized spacial score (nSPS) is 11.6. The number of alkyl halides is 3. The van der Waals surface area contributed by atoms with E-state index in [2.05, 4.69) is 4.98 Å². The van der Waals surface area contributed by atoms with Crippen LogP contribution in [0.3, 0.4) is 0 Å². The van der Waals surface area contributed by atoms with Gasteiger partial charge in [-0.1, -0.05) is 12.1 Å². The number of nitrogens with zero attached hydrogens (tertiary/aromatic N) is 1. The van der Waals surface area contributed by atoms with Gasteiger partial charge in [0.2, 0.25) is 0 Å². The highest BCUT2D eigenvalue weighted by atomic mass is 19.4. The van der Waals surface area contributed by atoms with Crippen LogP contribution in [0.2, 0.25) is 0 Å². The maximum Gasteiger partial charge on any atom is 0.416 e. The molecule has 6 heteroatoms. The van der Waals surface area contributed by atoms with Crippen molar-refractivity contribution in [2.45, 2.75) is 6.18 Å². The maximum atomic E-state index is 13.5. The number of benzene rings is 1. The molecule has 0 unspecified atom stereocenters. The zero-order chi connectivity index (χ0) is 13.3. The van der Waals surface area contributed by atoms with Crippen molar-refractivity contribution in [1.82, 2.24) is 4.98 Å². The van der Waals surface area contributed by atoms with E-state index in [9.17, 15) is 17.6 Å². The van der Waals surface area contributed by atoms with Crippen molar-refractivity contribution in [2.24, 2.45) is 0 Å². The molecule has 0 radical (unpaired) electrons. The summed E-state index contributed by atoms with van der Waals surface area (Å²) in [4.78, 5) is 3.76. The number of pyridine rings is 1. The molecule has 94 valence electrons. The Bertz CT molecular complexity index is 561. The van der Waals surface area contributed by atoms with Gasteiger partial charge in [-0.25, -0.2) is 4.39 Å². The molecule has 0 aliphatic rings. The number of hydrogen-bond acceptors (Lipinski definition) is 2. The molecule has 0 aliphatic heterocycles. The van der Waals surface area contributed by atoms with E-state index in [1.165, 1.54) is 18.3 Å². The maximum absolute atomic E-state index is 13.5. The summed E-state index contributed by atoms with van der Waals surface area (Å²) >= 11 is 0. The van der Waals surface area contributed by atoms with Crippen LogP contribution in [-0.4, -0.2) is 4.98 Å². The van der Waals surface area contributed by atoms with Crippen LogP contribution in [0.4, 0.5) is 23.2 Å². The Morgan fingerprint density at radius 2 is 1.67 bits per heavy atom. The second-order valence-corrected chi connectivity index (χ2v) is 3.67. The third-order valence-electron chi connectivity index (χ3n) is 2.35. The predicted molar refractivity (Wildman–Crippen MR) is 59.0 cm³/mol. The number of nitrogen functional groups attached to an aromatic ring is 1. The number of halogens is 4. The molecule has 2 aromatic rings. The lowest BCUT2D eigenvalue weighted by atomic mass is 10.1. The summed E-state index contributed by atoms with van der Waals surface area (Å²) in [7, 11) is 0. The van der Waals surface area contributed by atoms with Crippen molar-refractivity contribution in [3.8, 4) is 11.3 Å². The molecule has 0 saturated carbocycles. The number of nitrogens with two attached hydrogens (primary N) is 1. The molecule has 2 rings (SSSR count). The molecule has 1 aromatic carbocycles. The van der Waals surface area contributed by atoms with Crippen molar-refractivity contribution < 1.29 is 17.6 Å². The Morgan fingerprint density at radius 1 is 1.06 bits per heavy atom. The summed E-state index contributed by atoms with van der Waals surface area (Å²) in [6.45, 7) is 0. The SMILES string of the molecule is Nc1cnc(-c2ccc(C(F)(F)F)cc2)c(F)c1. The number of hydrogen-bond donors (Lipinski definition) is 1. The van der Waals surface area contributed by atoms with E-state index < -0.39 is 17.6 Å². The van der Waals surface area contributed by atoms with Crippen molar-refractivity contribution in [1.29, 1.82) is 0 Å². The van der Waals surface area contributed by atoms with Gasteiger partial charge in [0.15, 0.2) is 5.82 Å².